The molecule has 3 aromatic rings. The van der Waals surface area contributed by atoms with Crippen LogP contribution in [0.25, 0.3) is 18.8 Å². The van der Waals surface area contributed by atoms with Crippen molar-refractivity contribution in [2.45, 2.75) is 13.8 Å². The lowest BCUT2D eigenvalue weighted by atomic mass is 10.3. The quantitative estimate of drug-likeness (QED) is 0.515. The Hall–Kier alpha value is -0.380. The molecular weight excluding hydrogens is 216 g/mol. The van der Waals surface area contributed by atoms with Gasteiger partial charge in [-0.2, -0.15) is 0 Å². The van der Waals surface area contributed by atoms with E-state index in [1.54, 1.807) is 0 Å². The highest BCUT2D eigenvalue weighted by atomic mass is 32.2. The molecule has 0 aliphatic rings. The summed E-state index contributed by atoms with van der Waals surface area (Å²) in [5.74, 6) is 0. The van der Waals surface area contributed by atoms with Crippen LogP contribution in [0, 0.1) is 13.8 Å². The van der Waals surface area contributed by atoms with E-state index < -0.39 is 0 Å². The summed E-state index contributed by atoms with van der Waals surface area (Å²) in [5, 5.41) is 2.93. The standard InChI is InChI=1S/C10H8S3/c1-5-3-7-8-4-6(2)12-10(8)13-9(7)11-5/h3-4H,1-2H3. The first-order valence-corrected chi connectivity index (χ1v) is 6.58. The van der Waals surface area contributed by atoms with E-state index in [1.165, 1.54) is 28.6 Å². The Labute approximate surface area is 88.4 Å². The van der Waals surface area contributed by atoms with Crippen molar-refractivity contribution in [3.63, 3.8) is 0 Å². The maximum absolute atomic E-state index is 2.31. The minimum atomic E-state index is 1.42. The average molecular weight is 224 g/mol. The minimum absolute atomic E-state index is 1.42. The smallest absolute Gasteiger partial charge is 0.0889 e. The van der Waals surface area contributed by atoms with E-state index in [9.17, 15) is 0 Å². The van der Waals surface area contributed by atoms with Gasteiger partial charge in [-0.3, -0.25) is 0 Å². The molecule has 0 N–H and O–H groups in total. The molecule has 13 heavy (non-hydrogen) atoms. The third kappa shape index (κ3) is 1.08. The third-order valence-electron chi connectivity index (χ3n) is 2.12. The van der Waals surface area contributed by atoms with Crippen LogP contribution >= 0.6 is 34.0 Å². The summed E-state index contributed by atoms with van der Waals surface area (Å²) in [6, 6.07) is 4.62. The molecule has 0 amide bonds. The van der Waals surface area contributed by atoms with Gasteiger partial charge in [0.25, 0.3) is 0 Å². The van der Waals surface area contributed by atoms with Gasteiger partial charge in [-0.1, -0.05) is 0 Å². The van der Waals surface area contributed by atoms with Crippen LogP contribution in [0.1, 0.15) is 9.75 Å². The highest BCUT2D eigenvalue weighted by molar-refractivity contribution is 7.49. The molecule has 0 unspecified atom stereocenters. The summed E-state index contributed by atoms with van der Waals surface area (Å²) in [7, 11) is 0. The number of aryl methyl sites for hydroxylation is 2. The van der Waals surface area contributed by atoms with Gasteiger partial charge in [0, 0.05) is 20.5 Å². The van der Waals surface area contributed by atoms with Crippen molar-refractivity contribution in [1.29, 1.82) is 0 Å². The largest absolute Gasteiger partial charge is 0.130 e. The van der Waals surface area contributed by atoms with Gasteiger partial charge in [0.1, 0.15) is 0 Å². The predicted octanol–water partition coefficient (Wildman–Crippen LogP) is 4.79. The summed E-state index contributed by atoms with van der Waals surface area (Å²) in [6.45, 7) is 4.37. The van der Waals surface area contributed by atoms with Gasteiger partial charge in [-0.15, -0.1) is 34.0 Å². The Bertz CT molecular complexity index is 529. The van der Waals surface area contributed by atoms with Crippen LogP contribution in [-0.4, -0.2) is 0 Å². The molecule has 0 saturated heterocycles. The van der Waals surface area contributed by atoms with Gasteiger partial charge in [0.2, 0.25) is 0 Å². The van der Waals surface area contributed by atoms with Crippen molar-refractivity contribution < 1.29 is 0 Å². The summed E-state index contributed by atoms with van der Waals surface area (Å²) in [4.78, 5) is 2.85. The first kappa shape index (κ1) is 7.97. The molecule has 0 atom stereocenters. The van der Waals surface area contributed by atoms with E-state index in [1.807, 2.05) is 34.0 Å². The lowest BCUT2D eigenvalue weighted by Gasteiger charge is -1.75. The fraction of sp³-hybridized carbons (Fsp3) is 0.200. The van der Waals surface area contributed by atoms with Crippen LogP contribution in [0.4, 0.5) is 0 Å². The summed E-state index contributed by atoms with van der Waals surface area (Å²) >= 11 is 5.77. The predicted molar refractivity (Wildman–Crippen MR) is 64.6 cm³/mol. The molecule has 3 heteroatoms. The van der Waals surface area contributed by atoms with E-state index >= 15 is 0 Å². The molecule has 3 heterocycles. The van der Waals surface area contributed by atoms with E-state index in [-0.39, 0.29) is 0 Å². The Morgan fingerprint density at radius 1 is 0.769 bits per heavy atom. The zero-order valence-electron chi connectivity index (χ0n) is 7.38. The minimum Gasteiger partial charge on any atom is -0.130 e. The van der Waals surface area contributed by atoms with Gasteiger partial charge in [0.15, 0.2) is 0 Å². The van der Waals surface area contributed by atoms with Crippen molar-refractivity contribution in [2.24, 2.45) is 0 Å². The number of thiophene rings is 3. The SMILES string of the molecule is Cc1cc2c(s1)sc1sc(C)cc12. The van der Waals surface area contributed by atoms with Gasteiger partial charge < -0.3 is 0 Å². The van der Waals surface area contributed by atoms with Crippen LogP contribution in [0.3, 0.4) is 0 Å². The maximum Gasteiger partial charge on any atom is 0.0889 e. The van der Waals surface area contributed by atoms with E-state index in [4.69, 9.17) is 0 Å². The Morgan fingerprint density at radius 3 is 1.69 bits per heavy atom. The molecule has 66 valence electrons. The first-order valence-electron chi connectivity index (χ1n) is 4.13. The molecule has 0 aliphatic heterocycles. The zero-order valence-corrected chi connectivity index (χ0v) is 9.83. The normalized spacial score (nSPS) is 11.8. The third-order valence-corrected chi connectivity index (χ3v) is 5.62. The zero-order chi connectivity index (χ0) is 9.00. The Balaban J connectivity index is 2.56. The van der Waals surface area contributed by atoms with Crippen LogP contribution < -0.4 is 0 Å². The van der Waals surface area contributed by atoms with Gasteiger partial charge in [0.05, 0.1) is 8.03 Å². The Morgan fingerprint density at radius 2 is 1.23 bits per heavy atom. The summed E-state index contributed by atoms with van der Waals surface area (Å²) in [6.07, 6.45) is 0. The van der Waals surface area contributed by atoms with Crippen LogP contribution in [0.15, 0.2) is 12.1 Å². The molecule has 0 nitrogen and oxygen atoms in total. The van der Waals surface area contributed by atoms with Crippen LogP contribution in [-0.2, 0) is 0 Å². The number of hydrogen-bond donors (Lipinski definition) is 0. The van der Waals surface area contributed by atoms with E-state index in [0.29, 0.717) is 0 Å². The molecule has 0 aromatic carbocycles. The molecule has 0 aliphatic carbocycles. The van der Waals surface area contributed by atoms with Crippen molar-refractivity contribution in [3.8, 4) is 0 Å². The highest BCUT2D eigenvalue weighted by Gasteiger charge is 2.09. The fourth-order valence-electron chi connectivity index (χ4n) is 1.60. The lowest BCUT2D eigenvalue weighted by molar-refractivity contribution is 1.65. The molecule has 3 rings (SSSR count). The average Bonchev–Trinajstić information content (AvgIpc) is 2.60. The molecule has 0 bridgehead atoms. The number of rotatable bonds is 0. The van der Waals surface area contributed by atoms with Crippen molar-refractivity contribution in [2.75, 3.05) is 0 Å². The van der Waals surface area contributed by atoms with E-state index in [0.717, 1.165) is 0 Å². The van der Waals surface area contributed by atoms with E-state index in [2.05, 4.69) is 26.0 Å². The lowest BCUT2D eigenvalue weighted by Crippen LogP contribution is -1.53. The molecule has 0 radical (unpaired) electrons. The molecule has 3 aromatic heterocycles. The fourth-order valence-corrected chi connectivity index (χ4v) is 5.60. The summed E-state index contributed by atoms with van der Waals surface area (Å²) in [5.41, 5.74) is 0. The van der Waals surface area contributed by atoms with Crippen molar-refractivity contribution in [1.82, 2.24) is 0 Å². The molecule has 0 saturated carbocycles. The second-order valence-electron chi connectivity index (χ2n) is 3.22. The molecule has 0 spiro atoms. The molecule has 0 fully saturated rings. The topological polar surface area (TPSA) is 0 Å². The summed E-state index contributed by atoms with van der Waals surface area (Å²) < 4.78 is 2.97. The highest BCUT2D eigenvalue weighted by Crippen LogP contribution is 2.42. The van der Waals surface area contributed by atoms with Gasteiger partial charge in [-0.25, -0.2) is 0 Å². The maximum atomic E-state index is 2.31. The second-order valence-corrected chi connectivity index (χ2v) is 7.27. The van der Waals surface area contributed by atoms with Crippen LogP contribution in [0.2, 0.25) is 0 Å². The van der Waals surface area contributed by atoms with Gasteiger partial charge in [-0.05, 0) is 26.0 Å². The number of fused-ring (bicyclic) bond motifs is 3. The van der Waals surface area contributed by atoms with Crippen LogP contribution in [0.5, 0.6) is 0 Å². The monoisotopic (exact) mass is 224 g/mol. The Kier molecular flexibility index (Phi) is 1.57. The van der Waals surface area contributed by atoms with Gasteiger partial charge >= 0.3 is 0 Å². The second kappa shape index (κ2) is 2.56. The van der Waals surface area contributed by atoms with Crippen molar-refractivity contribution >= 4 is 52.8 Å². The first-order chi connectivity index (χ1) is 6.24. The molecular formula is C10H8S3. The number of hydrogen-bond acceptors (Lipinski definition) is 3. The van der Waals surface area contributed by atoms with Crippen molar-refractivity contribution in [3.05, 3.63) is 21.9 Å².